The van der Waals surface area contributed by atoms with Gasteiger partial charge < -0.3 is 24.3 Å². The third-order valence-electron chi connectivity index (χ3n) is 7.19. The molecule has 37 heavy (non-hydrogen) atoms. The summed E-state index contributed by atoms with van der Waals surface area (Å²) in [5.41, 5.74) is -3.08. The topological polar surface area (TPSA) is 80.9 Å². The van der Waals surface area contributed by atoms with Crippen molar-refractivity contribution in [3.63, 3.8) is 0 Å². The molecule has 0 saturated heterocycles. The quantitative estimate of drug-likeness (QED) is 0.413. The van der Waals surface area contributed by atoms with Crippen molar-refractivity contribution in [2.75, 3.05) is 6.61 Å². The van der Waals surface area contributed by atoms with Crippen LogP contribution >= 0.6 is 0 Å². The Bertz CT molecular complexity index is 1670. The summed E-state index contributed by atoms with van der Waals surface area (Å²) in [6, 6.07) is 1.90. The van der Waals surface area contributed by atoms with E-state index in [1.807, 2.05) is 0 Å². The van der Waals surface area contributed by atoms with E-state index in [1.165, 1.54) is 18.2 Å². The second-order valence-corrected chi connectivity index (χ2v) is 10.0. The number of aromatic nitrogens is 1. The van der Waals surface area contributed by atoms with Gasteiger partial charge in [0.1, 0.15) is 11.6 Å². The monoisotopic (exact) mass is 523 g/mol. The molecule has 6 nitrogen and oxygen atoms in total. The van der Waals surface area contributed by atoms with E-state index in [-0.39, 0.29) is 22.6 Å². The van der Waals surface area contributed by atoms with Gasteiger partial charge in [-0.3, -0.25) is 4.79 Å². The predicted octanol–water partition coefficient (Wildman–Crippen LogP) is 4.99. The fraction of sp³-hybridized carbons (Fsp3) is 0.464. The Labute approximate surface area is 221 Å². The Morgan fingerprint density at radius 1 is 1.27 bits per heavy atom. The van der Waals surface area contributed by atoms with Crippen LogP contribution in [0.15, 0.2) is 36.3 Å². The van der Waals surface area contributed by atoms with Crippen LogP contribution in [-0.2, 0) is 28.5 Å². The van der Waals surface area contributed by atoms with Crippen molar-refractivity contribution in [2.24, 2.45) is 0 Å². The number of fused-ring (bicyclic) bond motifs is 2. The van der Waals surface area contributed by atoms with Crippen LogP contribution < -0.4 is 9.47 Å². The number of aliphatic hydroxyl groups excluding tert-OH is 1. The molecule has 0 bridgehead atoms. The fourth-order valence-corrected chi connectivity index (χ4v) is 4.52. The molecule has 2 aliphatic rings. The standard InChI is InChI=1S/C28H30F3NO5/c1-4-26(2,3)24-10-17-9-16(20(29)13-21(17)32(24)14-19(34)15-33)11-25(35)27(7-8-27)18-5-6-22-23(12-18)37-28(30,31)36-22/h5-6,9-10,12-13,19,33-34H,4,7-8,11,14-15H2,1-3H3/t19-/m1/s1/i9D,10D,13D,14D2,19D. The van der Waals surface area contributed by atoms with Gasteiger partial charge in [0.05, 0.1) is 38.3 Å². The first-order valence-corrected chi connectivity index (χ1v) is 11.9. The molecule has 9 heteroatoms. The van der Waals surface area contributed by atoms with Gasteiger partial charge in [0, 0.05) is 22.9 Å². The van der Waals surface area contributed by atoms with E-state index in [4.69, 9.17) is 8.22 Å². The minimum Gasteiger partial charge on any atom is -0.395 e. The molecule has 1 aliphatic carbocycles. The zero-order valence-corrected chi connectivity index (χ0v) is 20.5. The highest BCUT2D eigenvalue weighted by Gasteiger charge is 2.52. The molecule has 3 aromatic rings. The van der Waals surface area contributed by atoms with Crippen molar-refractivity contribution < 1.29 is 45.9 Å². The molecule has 1 fully saturated rings. The summed E-state index contributed by atoms with van der Waals surface area (Å²) in [6.07, 6.45) is -6.78. The van der Waals surface area contributed by atoms with Crippen LogP contribution in [0, 0.1) is 5.82 Å². The molecule has 0 unspecified atom stereocenters. The first-order valence-electron chi connectivity index (χ1n) is 14.9. The molecule has 2 heterocycles. The number of carbonyl (C=O) groups is 1. The maximum atomic E-state index is 16.0. The van der Waals surface area contributed by atoms with Gasteiger partial charge in [-0.2, -0.15) is 0 Å². The Morgan fingerprint density at radius 3 is 2.62 bits per heavy atom. The number of ether oxygens (including phenoxy) is 2. The Hall–Kier alpha value is -3.04. The number of benzene rings is 2. The maximum absolute atomic E-state index is 16.0. The molecular weight excluding hydrogens is 487 g/mol. The summed E-state index contributed by atoms with van der Waals surface area (Å²) in [7, 11) is 0. The number of nitrogens with zero attached hydrogens (tertiary/aromatic N) is 1. The number of alkyl halides is 2. The Kier molecular flexibility index (Phi) is 4.52. The van der Waals surface area contributed by atoms with Crippen LogP contribution in [0.5, 0.6) is 11.5 Å². The molecule has 198 valence electrons. The van der Waals surface area contributed by atoms with Gasteiger partial charge in [-0.25, -0.2) is 4.39 Å². The lowest BCUT2D eigenvalue weighted by Gasteiger charge is -2.26. The summed E-state index contributed by atoms with van der Waals surface area (Å²) in [4.78, 5) is 13.6. The summed E-state index contributed by atoms with van der Waals surface area (Å²) in [5.74, 6) is -2.35. The van der Waals surface area contributed by atoms with Crippen LogP contribution in [0.4, 0.5) is 13.2 Å². The lowest BCUT2D eigenvalue weighted by molar-refractivity contribution is -0.286. The molecule has 2 aromatic carbocycles. The van der Waals surface area contributed by atoms with Gasteiger partial charge in [-0.1, -0.05) is 26.8 Å². The van der Waals surface area contributed by atoms with Crippen molar-refractivity contribution >= 4 is 16.7 Å². The second-order valence-electron chi connectivity index (χ2n) is 10.0. The molecule has 1 saturated carbocycles. The molecule has 0 radical (unpaired) electrons. The lowest BCUT2D eigenvalue weighted by Crippen LogP contribution is -2.26. The van der Waals surface area contributed by atoms with Crippen molar-refractivity contribution in [1.29, 1.82) is 0 Å². The van der Waals surface area contributed by atoms with Crippen molar-refractivity contribution in [2.45, 2.75) is 76.2 Å². The molecule has 2 N–H and O–H groups in total. The number of hydrogen-bond donors (Lipinski definition) is 2. The highest BCUT2D eigenvalue weighted by molar-refractivity contribution is 5.95. The smallest absolute Gasteiger partial charge is 0.395 e. The van der Waals surface area contributed by atoms with Gasteiger partial charge in [0.2, 0.25) is 0 Å². The van der Waals surface area contributed by atoms with Gasteiger partial charge >= 0.3 is 6.29 Å². The average molecular weight is 524 g/mol. The van der Waals surface area contributed by atoms with Gasteiger partial charge in [-0.05, 0) is 60.6 Å². The number of aliphatic hydroxyl groups is 2. The molecule has 1 aromatic heterocycles. The number of hydrogen-bond acceptors (Lipinski definition) is 5. The molecule has 1 aliphatic heterocycles. The summed E-state index contributed by atoms with van der Waals surface area (Å²) >= 11 is 0. The van der Waals surface area contributed by atoms with Crippen LogP contribution in [0.2, 0.25) is 0 Å². The largest absolute Gasteiger partial charge is 0.586 e. The van der Waals surface area contributed by atoms with Crippen molar-refractivity contribution in [3.8, 4) is 11.5 Å². The highest BCUT2D eigenvalue weighted by Crippen LogP contribution is 2.52. The third kappa shape index (κ3) is 4.48. The second kappa shape index (κ2) is 8.77. The number of rotatable bonds is 9. The van der Waals surface area contributed by atoms with E-state index in [9.17, 15) is 23.8 Å². The van der Waals surface area contributed by atoms with E-state index in [2.05, 4.69) is 9.47 Å². The highest BCUT2D eigenvalue weighted by atomic mass is 19.3. The van der Waals surface area contributed by atoms with Crippen LogP contribution in [0.1, 0.15) is 65.1 Å². The van der Waals surface area contributed by atoms with Gasteiger partial charge in [0.15, 0.2) is 11.5 Å². The summed E-state index contributed by atoms with van der Waals surface area (Å²) in [5, 5.41) is 19.7. The first-order chi connectivity index (χ1) is 19.8. The molecule has 1 atom stereocenters. The van der Waals surface area contributed by atoms with E-state index < -0.39 is 83.5 Å². The first kappa shape index (κ1) is 19.1. The number of Topliss-reactive ketones (excluding diaryl/α,β-unsaturated/α-hetero) is 1. The Balaban J connectivity index is 1.66. The lowest BCUT2D eigenvalue weighted by atomic mass is 9.86. The Morgan fingerprint density at radius 2 is 1.97 bits per heavy atom. The minimum atomic E-state index is -3.86. The number of ketones is 1. The van der Waals surface area contributed by atoms with Crippen LogP contribution in [-0.4, -0.2) is 39.5 Å². The van der Waals surface area contributed by atoms with E-state index in [0.717, 1.165) is 0 Å². The van der Waals surface area contributed by atoms with E-state index in [0.29, 0.717) is 29.4 Å². The average Bonchev–Trinajstić information content (AvgIpc) is 3.59. The maximum Gasteiger partial charge on any atom is 0.586 e. The van der Waals surface area contributed by atoms with E-state index in [1.54, 1.807) is 20.8 Å². The van der Waals surface area contributed by atoms with Crippen LogP contribution in [0.25, 0.3) is 10.9 Å². The molecular formula is C28H30F3NO5. The van der Waals surface area contributed by atoms with E-state index >= 15 is 4.39 Å². The van der Waals surface area contributed by atoms with Crippen LogP contribution in [0.3, 0.4) is 0 Å². The van der Waals surface area contributed by atoms with Crippen molar-refractivity contribution in [3.05, 3.63) is 59.0 Å². The fourth-order valence-electron chi connectivity index (χ4n) is 4.52. The summed E-state index contributed by atoms with van der Waals surface area (Å²) < 4.78 is 104. The molecule has 0 spiro atoms. The summed E-state index contributed by atoms with van der Waals surface area (Å²) in [6.45, 7) is 0.464. The zero-order chi connectivity index (χ0) is 32.1. The SMILES string of the molecule is [2H]c1c(CC(=O)C2(c3ccc4c(c3)OC(F)(F)O4)CC2)c(F)c([2H])c2c1c([2H])c(C(C)(C)CC)n2C([2H])([2H])[C@@]([2H])(O)CO. The minimum absolute atomic E-state index is 0.130. The number of carbonyl (C=O) groups excluding carboxylic acids is 1. The zero-order valence-electron chi connectivity index (χ0n) is 26.5. The van der Waals surface area contributed by atoms with Gasteiger partial charge in [0.25, 0.3) is 0 Å². The van der Waals surface area contributed by atoms with Gasteiger partial charge in [-0.15, -0.1) is 8.78 Å². The molecule has 5 rings (SSSR count). The van der Waals surface area contributed by atoms with Crippen molar-refractivity contribution in [1.82, 2.24) is 4.57 Å². The third-order valence-corrected chi connectivity index (χ3v) is 7.19. The molecule has 0 amide bonds. The number of halogens is 3. The predicted molar refractivity (Wildman–Crippen MR) is 131 cm³/mol. The normalized spacial score (nSPS) is 21.8.